The largest absolute Gasteiger partial charge is 0.356 e. The van der Waals surface area contributed by atoms with Crippen LogP contribution in [0.4, 0.5) is 0 Å². The van der Waals surface area contributed by atoms with Crippen molar-refractivity contribution in [3.63, 3.8) is 0 Å². The lowest BCUT2D eigenvalue weighted by Crippen LogP contribution is -2.27. The molecule has 0 spiro atoms. The number of nitrogens with two attached hydrogens (primary N) is 1. The van der Waals surface area contributed by atoms with E-state index in [0.717, 1.165) is 16.6 Å². The molecule has 1 heterocycles. The van der Waals surface area contributed by atoms with Crippen LogP contribution in [0.2, 0.25) is 0 Å². The first-order valence-electron chi connectivity index (χ1n) is 5.34. The molecule has 3 nitrogen and oxygen atoms in total. The Morgan fingerprint density at radius 2 is 2.38 bits per heavy atom. The Morgan fingerprint density at radius 3 is 2.94 bits per heavy atom. The van der Waals surface area contributed by atoms with Crippen LogP contribution in [-0.4, -0.2) is 18.5 Å². The van der Waals surface area contributed by atoms with Crippen molar-refractivity contribution in [2.24, 2.45) is 5.73 Å². The van der Waals surface area contributed by atoms with Crippen LogP contribution in [-0.2, 0) is 11.2 Å². The van der Waals surface area contributed by atoms with Gasteiger partial charge in [-0.3, -0.25) is 4.79 Å². The summed E-state index contributed by atoms with van der Waals surface area (Å²) in [7, 11) is 0. The minimum atomic E-state index is 0.0907. The molecule has 0 aromatic carbocycles. The summed E-state index contributed by atoms with van der Waals surface area (Å²) >= 11 is 5.11. The van der Waals surface area contributed by atoms with E-state index in [2.05, 4.69) is 27.3 Å². The molecule has 90 valence electrons. The second-order valence-electron chi connectivity index (χ2n) is 3.82. The van der Waals surface area contributed by atoms with Gasteiger partial charge in [0.05, 0.1) is 3.79 Å². The first-order valence-corrected chi connectivity index (χ1v) is 6.95. The Labute approximate surface area is 109 Å². The molecule has 5 heteroatoms. The molecule has 0 aliphatic heterocycles. The number of hydrogen-bond donors (Lipinski definition) is 2. The van der Waals surface area contributed by atoms with Gasteiger partial charge in [-0.05, 0) is 47.8 Å². The molecule has 0 bridgehead atoms. The lowest BCUT2D eigenvalue weighted by molar-refractivity contribution is -0.121. The van der Waals surface area contributed by atoms with E-state index in [-0.39, 0.29) is 11.9 Å². The van der Waals surface area contributed by atoms with Crippen LogP contribution in [0.5, 0.6) is 0 Å². The van der Waals surface area contributed by atoms with Crippen molar-refractivity contribution >= 4 is 33.2 Å². The normalized spacial score (nSPS) is 12.4. The molecule has 0 aliphatic carbocycles. The molecule has 1 unspecified atom stereocenters. The molecular formula is C11H17BrN2OS. The zero-order valence-corrected chi connectivity index (χ0v) is 11.7. The van der Waals surface area contributed by atoms with Gasteiger partial charge in [-0.25, -0.2) is 0 Å². The molecule has 16 heavy (non-hydrogen) atoms. The fraction of sp³-hybridized carbons (Fsp3) is 0.545. The van der Waals surface area contributed by atoms with Crippen molar-refractivity contribution in [2.75, 3.05) is 6.54 Å². The first kappa shape index (κ1) is 13.7. The van der Waals surface area contributed by atoms with E-state index in [4.69, 9.17) is 5.73 Å². The fourth-order valence-corrected chi connectivity index (χ4v) is 2.74. The maximum Gasteiger partial charge on any atom is 0.220 e. The Kier molecular flexibility index (Phi) is 6.01. The molecule has 1 aromatic rings. The molecule has 0 saturated carbocycles. The standard InChI is InChI=1S/C11H17BrN2OS/c1-8(13)2-5-11(15)14-7-6-9-3-4-10(12)16-9/h3-4,8H,2,5-7,13H2,1H3,(H,14,15). The number of hydrogen-bond acceptors (Lipinski definition) is 3. The third-order valence-corrected chi connectivity index (χ3v) is 3.83. The van der Waals surface area contributed by atoms with Crippen LogP contribution >= 0.6 is 27.3 Å². The van der Waals surface area contributed by atoms with Crippen molar-refractivity contribution in [3.05, 3.63) is 20.8 Å². The lowest BCUT2D eigenvalue weighted by atomic mass is 10.2. The second-order valence-corrected chi connectivity index (χ2v) is 6.37. The Bertz CT molecular complexity index is 338. The van der Waals surface area contributed by atoms with E-state index in [0.29, 0.717) is 13.0 Å². The van der Waals surface area contributed by atoms with Gasteiger partial charge in [0.2, 0.25) is 5.91 Å². The maximum atomic E-state index is 11.4. The maximum absolute atomic E-state index is 11.4. The monoisotopic (exact) mass is 304 g/mol. The van der Waals surface area contributed by atoms with Crippen molar-refractivity contribution in [1.29, 1.82) is 0 Å². The quantitative estimate of drug-likeness (QED) is 0.847. The zero-order valence-electron chi connectivity index (χ0n) is 9.33. The highest BCUT2D eigenvalue weighted by molar-refractivity contribution is 9.11. The van der Waals surface area contributed by atoms with Crippen LogP contribution in [0.1, 0.15) is 24.6 Å². The second kappa shape index (κ2) is 7.04. The number of amides is 1. The summed E-state index contributed by atoms with van der Waals surface area (Å²) in [6, 6.07) is 4.19. The minimum absolute atomic E-state index is 0.0907. The lowest BCUT2D eigenvalue weighted by Gasteiger charge is -2.06. The molecule has 1 atom stereocenters. The zero-order chi connectivity index (χ0) is 12.0. The van der Waals surface area contributed by atoms with Crippen molar-refractivity contribution in [1.82, 2.24) is 5.32 Å². The van der Waals surface area contributed by atoms with Crippen molar-refractivity contribution < 1.29 is 4.79 Å². The van der Waals surface area contributed by atoms with Crippen LogP contribution in [0.3, 0.4) is 0 Å². The third kappa shape index (κ3) is 5.63. The Morgan fingerprint density at radius 1 is 1.62 bits per heavy atom. The number of rotatable bonds is 6. The predicted molar refractivity (Wildman–Crippen MR) is 71.6 cm³/mol. The highest BCUT2D eigenvalue weighted by Gasteiger charge is 2.03. The smallest absolute Gasteiger partial charge is 0.220 e. The van der Waals surface area contributed by atoms with Gasteiger partial charge in [0.15, 0.2) is 0 Å². The highest BCUT2D eigenvalue weighted by Crippen LogP contribution is 2.21. The molecule has 0 aliphatic rings. The SMILES string of the molecule is CC(N)CCC(=O)NCCc1ccc(Br)s1. The highest BCUT2D eigenvalue weighted by atomic mass is 79.9. The van der Waals surface area contributed by atoms with Gasteiger partial charge in [0, 0.05) is 23.9 Å². The summed E-state index contributed by atoms with van der Waals surface area (Å²) in [6.07, 6.45) is 2.16. The van der Waals surface area contributed by atoms with E-state index < -0.39 is 0 Å². The van der Waals surface area contributed by atoms with Crippen molar-refractivity contribution in [3.8, 4) is 0 Å². The summed E-state index contributed by atoms with van der Waals surface area (Å²) in [4.78, 5) is 12.6. The van der Waals surface area contributed by atoms with Gasteiger partial charge in [-0.15, -0.1) is 11.3 Å². The van der Waals surface area contributed by atoms with E-state index in [1.807, 2.05) is 13.0 Å². The number of carbonyl (C=O) groups is 1. The minimum Gasteiger partial charge on any atom is -0.356 e. The van der Waals surface area contributed by atoms with E-state index in [1.165, 1.54) is 4.88 Å². The Balaban J connectivity index is 2.13. The molecule has 0 saturated heterocycles. The predicted octanol–water partition coefficient (Wildman–Crippen LogP) is 2.30. The van der Waals surface area contributed by atoms with Gasteiger partial charge in [0.25, 0.3) is 0 Å². The summed E-state index contributed by atoms with van der Waals surface area (Å²) in [5, 5.41) is 2.89. The average Bonchev–Trinajstić information content (AvgIpc) is 2.61. The van der Waals surface area contributed by atoms with Gasteiger partial charge in [0.1, 0.15) is 0 Å². The van der Waals surface area contributed by atoms with Gasteiger partial charge in [-0.1, -0.05) is 0 Å². The molecule has 0 fully saturated rings. The van der Waals surface area contributed by atoms with Crippen LogP contribution in [0, 0.1) is 0 Å². The molecule has 1 aromatic heterocycles. The van der Waals surface area contributed by atoms with Crippen LogP contribution in [0.15, 0.2) is 15.9 Å². The fourth-order valence-electron chi connectivity index (χ4n) is 1.26. The number of nitrogens with one attached hydrogen (secondary N) is 1. The van der Waals surface area contributed by atoms with E-state index >= 15 is 0 Å². The van der Waals surface area contributed by atoms with Gasteiger partial charge >= 0.3 is 0 Å². The molecule has 0 radical (unpaired) electrons. The molecular weight excluding hydrogens is 288 g/mol. The third-order valence-electron chi connectivity index (χ3n) is 2.15. The molecule has 1 rings (SSSR count). The molecule has 1 amide bonds. The summed E-state index contributed by atoms with van der Waals surface area (Å²) in [5.74, 6) is 0.0907. The number of thiophene rings is 1. The first-order chi connectivity index (χ1) is 7.58. The average molecular weight is 305 g/mol. The van der Waals surface area contributed by atoms with Gasteiger partial charge in [-0.2, -0.15) is 0 Å². The topological polar surface area (TPSA) is 55.1 Å². The molecule has 3 N–H and O–H groups in total. The van der Waals surface area contributed by atoms with E-state index in [1.54, 1.807) is 11.3 Å². The summed E-state index contributed by atoms with van der Waals surface area (Å²) < 4.78 is 1.13. The summed E-state index contributed by atoms with van der Waals surface area (Å²) in [6.45, 7) is 2.61. The summed E-state index contributed by atoms with van der Waals surface area (Å²) in [5.41, 5.74) is 5.58. The van der Waals surface area contributed by atoms with Crippen LogP contribution in [0.25, 0.3) is 0 Å². The number of halogens is 1. The van der Waals surface area contributed by atoms with Crippen molar-refractivity contribution in [2.45, 2.75) is 32.2 Å². The van der Waals surface area contributed by atoms with E-state index in [9.17, 15) is 4.79 Å². The van der Waals surface area contributed by atoms with Gasteiger partial charge < -0.3 is 11.1 Å². The Hall–Kier alpha value is -0.390. The van der Waals surface area contributed by atoms with Crippen LogP contribution < -0.4 is 11.1 Å². The number of carbonyl (C=O) groups excluding carboxylic acids is 1.